The van der Waals surface area contributed by atoms with E-state index in [0.717, 1.165) is 33.1 Å². The molecule has 1 aliphatic rings. The zero-order valence-corrected chi connectivity index (χ0v) is 19.9. The van der Waals surface area contributed by atoms with Crippen LogP contribution < -0.4 is 10.2 Å². The van der Waals surface area contributed by atoms with Crippen LogP contribution in [0.3, 0.4) is 0 Å². The van der Waals surface area contributed by atoms with Crippen LogP contribution in [-0.4, -0.2) is 23.3 Å². The SMILES string of the molecule is Cc1ccc(N2C[C@@H](C(=O)Nc3ccc(-c4csc(-c5ccccc5)n4)cc3)CC2=O)cc1C. The second-order valence-corrected chi connectivity index (χ2v) is 9.50. The molecule has 1 N–H and O–H groups in total. The van der Waals surface area contributed by atoms with E-state index in [4.69, 9.17) is 4.98 Å². The van der Waals surface area contributed by atoms with Crippen molar-refractivity contribution in [3.63, 3.8) is 0 Å². The van der Waals surface area contributed by atoms with Gasteiger partial charge in [-0.25, -0.2) is 4.98 Å². The maximum absolute atomic E-state index is 12.9. The second kappa shape index (κ2) is 9.23. The van der Waals surface area contributed by atoms with Crippen molar-refractivity contribution < 1.29 is 9.59 Å². The van der Waals surface area contributed by atoms with Crippen molar-refractivity contribution in [2.75, 3.05) is 16.8 Å². The average molecular weight is 468 g/mol. The minimum Gasteiger partial charge on any atom is -0.326 e. The summed E-state index contributed by atoms with van der Waals surface area (Å²) in [6.45, 7) is 4.47. The molecule has 1 aromatic heterocycles. The maximum atomic E-state index is 12.9. The van der Waals surface area contributed by atoms with E-state index < -0.39 is 0 Å². The van der Waals surface area contributed by atoms with Gasteiger partial charge in [0.25, 0.3) is 0 Å². The number of benzene rings is 3. The summed E-state index contributed by atoms with van der Waals surface area (Å²) in [5, 5.41) is 5.99. The number of amides is 2. The lowest BCUT2D eigenvalue weighted by Gasteiger charge is -2.18. The Bertz CT molecular complexity index is 1350. The van der Waals surface area contributed by atoms with Gasteiger partial charge in [-0.1, -0.05) is 48.5 Å². The minimum absolute atomic E-state index is 0.0171. The fraction of sp³-hybridized carbons (Fsp3) is 0.179. The standard InChI is InChI=1S/C28H25N3O2S/c1-18-8-13-24(14-19(18)2)31-16-22(15-26(31)32)27(33)29-23-11-9-20(10-12-23)25-17-34-28(30-25)21-6-4-3-5-7-21/h3-14,17,22H,15-16H2,1-2H3,(H,29,33)/t22-/m0/s1. The fourth-order valence-corrected chi connectivity index (χ4v) is 4.95. The Morgan fingerprint density at radius 1 is 0.971 bits per heavy atom. The molecule has 4 aromatic rings. The highest BCUT2D eigenvalue weighted by Gasteiger charge is 2.35. The first-order valence-electron chi connectivity index (χ1n) is 11.3. The van der Waals surface area contributed by atoms with E-state index in [-0.39, 0.29) is 24.2 Å². The van der Waals surface area contributed by atoms with Crippen molar-refractivity contribution in [1.82, 2.24) is 4.98 Å². The Kier molecular flexibility index (Phi) is 5.99. The van der Waals surface area contributed by atoms with Crippen LogP contribution in [0.25, 0.3) is 21.8 Å². The van der Waals surface area contributed by atoms with Gasteiger partial charge in [0.15, 0.2) is 0 Å². The third-order valence-corrected chi connectivity index (χ3v) is 7.16. The summed E-state index contributed by atoms with van der Waals surface area (Å²) < 4.78 is 0. The van der Waals surface area contributed by atoms with Crippen LogP contribution in [0.5, 0.6) is 0 Å². The first-order valence-corrected chi connectivity index (χ1v) is 12.2. The van der Waals surface area contributed by atoms with Gasteiger partial charge in [-0.3, -0.25) is 9.59 Å². The summed E-state index contributed by atoms with van der Waals surface area (Å²) in [6.07, 6.45) is 0.220. The summed E-state index contributed by atoms with van der Waals surface area (Å²) in [5.74, 6) is -0.523. The van der Waals surface area contributed by atoms with Crippen LogP contribution in [0.15, 0.2) is 78.2 Å². The largest absolute Gasteiger partial charge is 0.326 e. The van der Waals surface area contributed by atoms with Gasteiger partial charge in [-0.05, 0) is 49.2 Å². The Morgan fingerprint density at radius 3 is 2.47 bits per heavy atom. The van der Waals surface area contributed by atoms with Crippen LogP contribution in [-0.2, 0) is 9.59 Å². The molecule has 2 amide bonds. The molecular formula is C28H25N3O2S. The molecule has 34 heavy (non-hydrogen) atoms. The van der Waals surface area contributed by atoms with Crippen LogP contribution in [0.1, 0.15) is 17.5 Å². The van der Waals surface area contributed by atoms with Crippen molar-refractivity contribution >= 4 is 34.5 Å². The topological polar surface area (TPSA) is 62.3 Å². The number of thiazole rings is 1. The summed E-state index contributed by atoms with van der Waals surface area (Å²) in [5.41, 5.74) is 6.88. The van der Waals surface area contributed by atoms with E-state index >= 15 is 0 Å². The first kappa shape index (κ1) is 22.0. The molecule has 3 aromatic carbocycles. The molecule has 1 saturated heterocycles. The number of nitrogens with one attached hydrogen (secondary N) is 1. The predicted octanol–water partition coefficient (Wildman–Crippen LogP) is 6.09. The molecule has 0 saturated carbocycles. The van der Waals surface area contributed by atoms with E-state index in [1.54, 1.807) is 16.2 Å². The van der Waals surface area contributed by atoms with Gasteiger partial charge in [0, 0.05) is 40.8 Å². The van der Waals surface area contributed by atoms with Gasteiger partial charge in [0.1, 0.15) is 5.01 Å². The average Bonchev–Trinajstić information content (AvgIpc) is 3.49. The number of anilines is 2. The van der Waals surface area contributed by atoms with Gasteiger partial charge < -0.3 is 10.2 Å². The smallest absolute Gasteiger partial charge is 0.229 e. The lowest BCUT2D eigenvalue weighted by atomic mass is 10.1. The fourth-order valence-electron chi connectivity index (χ4n) is 4.11. The summed E-state index contributed by atoms with van der Waals surface area (Å²) >= 11 is 1.61. The Hall–Kier alpha value is -3.77. The molecule has 0 bridgehead atoms. The molecule has 1 fully saturated rings. The molecule has 170 valence electrons. The zero-order chi connectivity index (χ0) is 23.7. The maximum Gasteiger partial charge on any atom is 0.229 e. The number of hydrogen-bond donors (Lipinski definition) is 1. The van der Waals surface area contributed by atoms with Crippen molar-refractivity contribution in [3.8, 4) is 21.8 Å². The quantitative estimate of drug-likeness (QED) is 0.387. The highest BCUT2D eigenvalue weighted by atomic mass is 32.1. The molecular weight excluding hydrogens is 442 g/mol. The summed E-state index contributed by atoms with van der Waals surface area (Å²) in [7, 11) is 0. The van der Waals surface area contributed by atoms with Crippen molar-refractivity contribution in [3.05, 3.63) is 89.3 Å². The Morgan fingerprint density at radius 2 is 1.74 bits per heavy atom. The summed E-state index contributed by atoms with van der Waals surface area (Å²) in [4.78, 5) is 31.9. The highest BCUT2D eigenvalue weighted by Crippen LogP contribution is 2.30. The lowest BCUT2D eigenvalue weighted by molar-refractivity contribution is -0.122. The van der Waals surface area contributed by atoms with E-state index in [0.29, 0.717) is 12.2 Å². The van der Waals surface area contributed by atoms with E-state index in [1.165, 1.54) is 5.56 Å². The third kappa shape index (κ3) is 4.50. The molecule has 0 aliphatic carbocycles. The number of rotatable bonds is 5. The highest BCUT2D eigenvalue weighted by molar-refractivity contribution is 7.13. The number of carbonyl (C=O) groups excluding carboxylic acids is 2. The number of hydrogen-bond acceptors (Lipinski definition) is 4. The van der Waals surface area contributed by atoms with E-state index in [9.17, 15) is 9.59 Å². The molecule has 6 heteroatoms. The lowest BCUT2D eigenvalue weighted by Crippen LogP contribution is -2.28. The number of aryl methyl sites for hydroxylation is 2. The van der Waals surface area contributed by atoms with Crippen LogP contribution in [0.2, 0.25) is 0 Å². The Balaban J connectivity index is 1.24. The van der Waals surface area contributed by atoms with Gasteiger partial charge in [-0.2, -0.15) is 0 Å². The molecule has 2 heterocycles. The number of nitrogens with zero attached hydrogens (tertiary/aromatic N) is 2. The molecule has 5 rings (SSSR count). The van der Waals surface area contributed by atoms with Crippen molar-refractivity contribution in [1.29, 1.82) is 0 Å². The molecule has 0 radical (unpaired) electrons. The molecule has 0 unspecified atom stereocenters. The third-order valence-electron chi connectivity index (χ3n) is 6.27. The van der Waals surface area contributed by atoms with Gasteiger partial charge >= 0.3 is 0 Å². The normalized spacial score (nSPS) is 15.5. The first-order chi connectivity index (χ1) is 16.5. The monoisotopic (exact) mass is 467 g/mol. The van der Waals surface area contributed by atoms with Crippen LogP contribution in [0, 0.1) is 19.8 Å². The molecule has 1 aliphatic heterocycles. The van der Waals surface area contributed by atoms with Gasteiger partial charge in [-0.15, -0.1) is 11.3 Å². The van der Waals surface area contributed by atoms with Crippen molar-refractivity contribution in [2.24, 2.45) is 5.92 Å². The van der Waals surface area contributed by atoms with E-state index in [1.807, 2.05) is 79.9 Å². The summed E-state index contributed by atoms with van der Waals surface area (Å²) in [6, 6.07) is 23.8. The van der Waals surface area contributed by atoms with Crippen LogP contribution >= 0.6 is 11.3 Å². The minimum atomic E-state index is -0.374. The molecule has 5 nitrogen and oxygen atoms in total. The van der Waals surface area contributed by atoms with Crippen molar-refractivity contribution in [2.45, 2.75) is 20.3 Å². The van der Waals surface area contributed by atoms with Gasteiger partial charge in [0.05, 0.1) is 11.6 Å². The number of aromatic nitrogens is 1. The van der Waals surface area contributed by atoms with Gasteiger partial charge in [0.2, 0.25) is 11.8 Å². The molecule has 1 atom stereocenters. The molecule has 0 spiro atoms. The second-order valence-electron chi connectivity index (χ2n) is 8.64. The van der Waals surface area contributed by atoms with E-state index in [2.05, 4.69) is 17.4 Å². The number of carbonyl (C=O) groups is 2. The van der Waals surface area contributed by atoms with Crippen LogP contribution in [0.4, 0.5) is 11.4 Å². The zero-order valence-electron chi connectivity index (χ0n) is 19.1. The Labute approximate surface area is 203 Å². The predicted molar refractivity (Wildman–Crippen MR) is 138 cm³/mol.